The summed E-state index contributed by atoms with van der Waals surface area (Å²) in [5.41, 5.74) is 3.01. The monoisotopic (exact) mass is 390 g/mol. The lowest BCUT2D eigenvalue weighted by atomic mass is 9.98. The van der Waals surface area contributed by atoms with E-state index in [2.05, 4.69) is 10.3 Å². The maximum atomic E-state index is 12.8. The summed E-state index contributed by atoms with van der Waals surface area (Å²) < 4.78 is 28.8. The highest BCUT2D eigenvalue weighted by Crippen LogP contribution is 2.24. The van der Waals surface area contributed by atoms with Crippen LogP contribution in [0.15, 0.2) is 35.7 Å². The van der Waals surface area contributed by atoms with Gasteiger partial charge in [-0.05, 0) is 56.9 Å². The molecule has 1 atom stereocenters. The molecule has 2 heterocycles. The Morgan fingerprint density at radius 3 is 2.74 bits per heavy atom. The molecule has 27 heavy (non-hydrogen) atoms. The van der Waals surface area contributed by atoms with Gasteiger partial charge in [0.15, 0.2) is 5.03 Å². The molecule has 0 spiro atoms. The predicted molar refractivity (Wildman–Crippen MR) is 104 cm³/mol. The van der Waals surface area contributed by atoms with Crippen LogP contribution in [0.3, 0.4) is 0 Å². The molecule has 1 aliphatic heterocycles. The number of anilines is 1. The van der Waals surface area contributed by atoms with Gasteiger partial charge in [0.05, 0.1) is 12.2 Å². The molecule has 1 fully saturated rings. The zero-order chi connectivity index (χ0) is 19.6. The summed E-state index contributed by atoms with van der Waals surface area (Å²) in [5, 5.41) is 2.97. The summed E-state index contributed by atoms with van der Waals surface area (Å²) in [6.07, 6.45) is 4.37. The van der Waals surface area contributed by atoms with E-state index in [4.69, 9.17) is 0 Å². The number of rotatable bonds is 5. The number of sulfonamides is 1. The lowest BCUT2D eigenvalue weighted by Gasteiger charge is -2.30. The van der Waals surface area contributed by atoms with Crippen LogP contribution >= 0.6 is 0 Å². The van der Waals surface area contributed by atoms with Crippen molar-refractivity contribution in [2.75, 3.05) is 18.4 Å². The number of imidazole rings is 1. The van der Waals surface area contributed by atoms with E-state index in [-0.39, 0.29) is 23.4 Å². The molecule has 0 bridgehead atoms. The summed E-state index contributed by atoms with van der Waals surface area (Å²) in [6.45, 7) is 7.18. The minimum Gasteiger partial charge on any atom is -0.336 e. The standard InChI is InChI=1S/C19H26N4O3S/c1-4-22-12-18(20-13-22)27(25,26)23-9-5-6-16(11-23)19(24)21-17-8-7-14(2)15(3)10-17/h7-8,10,12-13,16H,4-6,9,11H2,1-3H3,(H,21,24). The highest BCUT2D eigenvalue weighted by atomic mass is 32.2. The van der Waals surface area contributed by atoms with Gasteiger partial charge in [-0.1, -0.05) is 6.07 Å². The zero-order valence-electron chi connectivity index (χ0n) is 16.0. The third-order valence-corrected chi connectivity index (χ3v) is 6.86. The molecule has 0 saturated carbocycles. The molecule has 0 aliphatic carbocycles. The smallest absolute Gasteiger partial charge is 0.262 e. The van der Waals surface area contributed by atoms with Crippen LogP contribution < -0.4 is 5.32 Å². The Balaban J connectivity index is 1.71. The Morgan fingerprint density at radius 2 is 2.07 bits per heavy atom. The first-order chi connectivity index (χ1) is 12.8. The summed E-state index contributed by atoms with van der Waals surface area (Å²) in [6, 6.07) is 5.77. The van der Waals surface area contributed by atoms with Crippen molar-refractivity contribution in [2.24, 2.45) is 5.92 Å². The van der Waals surface area contributed by atoms with Crippen LogP contribution in [0.1, 0.15) is 30.9 Å². The van der Waals surface area contributed by atoms with E-state index in [1.54, 1.807) is 4.57 Å². The van der Waals surface area contributed by atoms with Crippen LogP contribution in [-0.4, -0.2) is 41.3 Å². The SMILES string of the molecule is CCn1cnc(S(=O)(=O)N2CCCC(C(=O)Nc3ccc(C)c(C)c3)C2)c1. The maximum Gasteiger partial charge on any atom is 0.262 e. The van der Waals surface area contributed by atoms with E-state index >= 15 is 0 Å². The first kappa shape index (κ1) is 19.6. The van der Waals surface area contributed by atoms with Gasteiger partial charge in [0.1, 0.15) is 0 Å². The molecule has 8 heteroatoms. The van der Waals surface area contributed by atoms with E-state index < -0.39 is 10.0 Å². The molecule has 1 aromatic heterocycles. The maximum absolute atomic E-state index is 12.8. The predicted octanol–water partition coefficient (Wildman–Crippen LogP) is 2.56. The van der Waals surface area contributed by atoms with E-state index in [1.165, 1.54) is 16.8 Å². The second kappa shape index (κ2) is 7.82. The van der Waals surface area contributed by atoms with Crippen molar-refractivity contribution in [1.29, 1.82) is 0 Å². The third-order valence-electron chi connectivity index (χ3n) is 5.11. The van der Waals surface area contributed by atoms with E-state index in [1.807, 2.05) is 39.0 Å². The number of hydrogen-bond acceptors (Lipinski definition) is 4. The van der Waals surface area contributed by atoms with Gasteiger partial charge in [0.25, 0.3) is 10.0 Å². The zero-order valence-corrected chi connectivity index (χ0v) is 16.8. The van der Waals surface area contributed by atoms with Gasteiger partial charge in [-0.3, -0.25) is 4.79 Å². The van der Waals surface area contributed by atoms with Gasteiger partial charge >= 0.3 is 0 Å². The number of carbonyl (C=O) groups excluding carboxylic acids is 1. The van der Waals surface area contributed by atoms with Crippen LogP contribution in [0.25, 0.3) is 0 Å². The largest absolute Gasteiger partial charge is 0.336 e. The Kier molecular flexibility index (Phi) is 5.67. The topological polar surface area (TPSA) is 84.3 Å². The number of carbonyl (C=O) groups is 1. The van der Waals surface area contributed by atoms with E-state index in [0.717, 1.165) is 16.8 Å². The highest BCUT2D eigenvalue weighted by molar-refractivity contribution is 7.89. The molecule has 7 nitrogen and oxygen atoms in total. The van der Waals surface area contributed by atoms with E-state index in [9.17, 15) is 13.2 Å². The van der Waals surface area contributed by atoms with Gasteiger partial charge < -0.3 is 9.88 Å². The van der Waals surface area contributed by atoms with E-state index in [0.29, 0.717) is 25.9 Å². The molecule has 1 amide bonds. The van der Waals surface area contributed by atoms with Crippen LogP contribution in [-0.2, 0) is 21.4 Å². The first-order valence-electron chi connectivity index (χ1n) is 9.21. The van der Waals surface area contributed by atoms with Crippen molar-refractivity contribution in [3.05, 3.63) is 41.9 Å². The summed E-state index contributed by atoms with van der Waals surface area (Å²) in [4.78, 5) is 16.7. The summed E-state index contributed by atoms with van der Waals surface area (Å²) >= 11 is 0. The number of piperidine rings is 1. The number of aryl methyl sites for hydroxylation is 3. The average Bonchev–Trinajstić information content (AvgIpc) is 3.15. The summed E-state index contributed by atoms with van der Waals surface area (Å²) in [7, 11) is -3.68. The van der Waals surface area contributed by atoms with Gasteiger partial charge in [0, 0.05) is 31.5 Å². The highest BCUT2D eigenvalue weighted by Gasteiger charge is 2.34. The number of aromatic nitrogens is 2. The molecular formula is C19H26N4O3S. The molecule has 0 radical (unpaired) electrons. The quantitative estimate of drug-likeness (QED) is 0.850. The summed E-state index contributed by atoms with van der Waals surface area (Å²) in [5.74, 6) is -0.513. The second-order valence-corrected chi connectivity index (χ2v) is 8.92. The number of nitrogens with one attached hydrogen (secondary N) is 1. The number of hydrogen-bond donors (Lipinski definition) is 1. The van der Waals surface area contributed by atoms with Crippen molar-refractivity contribution in [1.82, 2.24) is 13.9 Å². The minimum absolute atomic E-state index is 0.0413. The molecule has 1 N–H and O–H groups in total. The number of nitrogens with zero attached hydrogens (tertiary/aromatic N) is 3. The van der Waals surface area contributed by atoms with Crippen LogP contribution in [0.2, 0.25) is 0 Å². The lowest BCUT2D eigenvalue weighted by molar-refractivity contribution is -0.120. The Bertz CT molecular complexity index is 936. The average molecular weight is 391 g/mol. The molecular weight excluding hydrogens is 364 g/mol. The lowest BCUT2D eigenvalue weighted by Crippen LogP contribution is -2.43. The van der Waals surface area contributed by atoms with Gasteiger partial charge in [-0.25, -0.2) is 13.4 Å². The van der Waals surface area contributed by atoms with Gasteiger partial charge in [-0.2, -0.15) is 4.31 Å². The molecule has 1 unspecified atom stereocenters. The first-order valence-corrected chi connectivity index (χ1v) is 10.7. The number of amides is 1. The number of benzene rings is 1. The second-order valence-electron chi connectivity index (χ2n) is 7.03. The van der Waals surface area contributed by atoms with Crippen molar-refractivity contribution in [3.63, 3.8) is 0 Å². The Morgan fingerprint density at radius 1 is 1.30 bits per heavy atom. The van der Waals surface area contributed by atoms with Crippen LogP contribution in [0, 0.1) is 19.8 Å². The fourth-order valence-corrected chi connectivity index (χ4v) is 4.68. The van der Waals surface area contributed by atoms with Crippen molar-refractivity contribution >= 4 is 21.6 Å². The minimum atomic E-state index is -3.68. The molecule has 1 aliphatic rings. The fraction of sp³-hybridized carbons (Fsp3) is 0.474. The third kappa shape index (κ3) is 4.22. The Labute approximate surface area is 160 Å². The molecule has 2 aromatic rings. The van der Waals surface area contributed by atoms with Crippen molar-refractivity contribution in [3.8, 4) is 0 Å². The van der Waals surface area contributed by atoms with Gasteiger partial charge in [-0.15, -0.1) is 0 Å². The van der Waals surface area contributed by atoms with Crippen molar-refractivity contribution in [2.45, 2.75) is 45.2 Å². The molecule has 3 rings (SSSR count). The molecule has 146 valence electrons. The molecule has 1 saturated heterocycles. The van der Waals surface area contributed by atoms with Crippen molar-refractivity contribution < 1.29 is 13.2 Å². The van der Waals surface area contributed by atoms with Gasteiger partial charge in [0.2, 0.25) is 5.91 Å². The fourth-order valence-electron chi connectivity index (χ4n) is 3.22. The molecule has 1 aromatic carbocycles. The Hall–Kier alpha value is -2.19. The van der Waals surface area contributed by atoms with Crippen LogP contribution in [0.4, 0.5) is 5.69 Å². The van der Waals surface area contributed by atoms with Crippen LogP contribution in [0.5, 0.6) is 0 Å². The normalized spacial score (nSPS) is 18.4.